The maximum absolute atomic E-state index is 12.7. The number of ether oxygens (including phenoxy) is 2. The van der Waals surface area contributed by atoms with Gasteiger partial charge >= 0.3 is 11.7 Å². The predicted molar refractivity (Wildman–Crippen MR) is 104 cm³/mol. The average Bonchev–Trinajstić information content (AvgIpc) is 2.96. The Balaban J connectivity index is 1.93. The average molecular weight is 397 g/mol. The molecule has 0 radical (unpaired) electrons. The van der Waals surface area contributed by atoms with Crippen LogP contribution in [0.1, 0.15) is 16.7 Å². The van der Waals surface area contributed by atoms with Crippen molar-refractivity contribution in [2.45, 2.75) is 13.5 Å². The summed E-state index contributed by atoms with van der Waals surface area (Å²) in [4.78, 5) is 36.7. The van der Waals surface area contributed by atoms with Crippen LogP contribution < -0.4 is 14.8 Å². The lowest BCUT2D eigenvalue weighted by atomic mass is 10.1. The highest BCUT2D eigenvalue weighted by atomic mass is 16.6. The molecular formula is C20H19N3O6. The first kappa shape index (κ1) is 19.9. The standard InChI is InChI=1S/C20H19N3O6/c1-12-4-6-13(7-5-12)11-22-19(24)15(21-20(22)25)8-14-9-16(23(26)27)18(29-3)10-17(14)28-2/h4-10H,11H2,1-3H3,(H,21,25)/b15-8+. The highest BCUT2D eigenvalue weighted by Gasteiger charge is 2.34. The van der Waals surface area contributed by atoms with E-state index in [-0.39, 0.29) is 35.0 Å². The van der Waals surface area contributed by atoms with Gasteiger partial charge in [0, 0.05) is 17.7 Å². The van der Waals surface area contributed by atoms with Gasteiger partial charge in [0.2, 0.25) is 5.75 Å². The molecule has 150 valence electrons. The molecule has 0 aromatic heterocycles. The number of urea groups is 1. The van der Waals surface area contributed by atoms with Crippen LogP contribution in [0.15, 0.2) is 42.1 Å². The number of amides is 3. The topological polar surface area (TPSA) is 111 Å². The Hall–Kier alpha value is -3.88. The summed E-state index contributed by atoms with van der Waals surface area (Å²) in [6.45, 7) is 2.06. The summed E-state index contributed by atoms with van der Waals surface area (Å²) in [6, 6.07) is 9.49. The minimum Gasteiger partial charge on any atom is -0.496 e. The number of nitrogens with one attached hydrogen (secondary N) is 1. The zero-order chi connectivity index (χ0) is 21.1. The highest BCUT2D eigenvalue weighted by Crippen LogP contribution is 2.35. The summed E-state index contributed by atoms with van der Waals surface area (Å²) in [5.74, 6) is -0.244. The highest BCUT2D eigenvalue weighted by molar-refractivity contribution is 6.14. The van der Waals surface area contributed by atoms with Crippen molar-refractivity contribution < 1.29 is 24.0 Å². The number of nitrogens with zero attached hydrogens (tertiary/aromatic N) is 2. The molecule has 1 fully saturated rings. The minimum atomic E-state index is -0.598. The fourth-order valence-electron chi connectivity index (χ4n) is 2.91. The van der Waals surface area contributed by atoms with Crippen molar-refractivity contribution in [3.8, 4) is 11.5 Å². The molecule has 1 heterocycles. The largest absolute Gasteiger partial charge is 0.496 e. The number of nitro groups is 1. The van der Waals surface area contributed by atoms with E-state index in [0.717, 1.165) is 16.0 Å². The first-order valence-electron chi connectivity index (χ1n) is 8.64. The van der Waals surface area contributed by atoms with Crippen LogP contribution in [0.25, 0.3) is 6.08 Å². The fourth-order valence-corrected chi connectivity index (χ4v) is 2.91. The molecule has 0 bridgehead atoms. The molecule has 1 saturated heterocycles. The Morgan fingerprint density at radius 3 is 2.34 bits per heavy atom. The molecule has 0 spiro atoms. The third kappa shape index (κ3) is 4.03. The van der Waals surface area contributed by atoms with E-state index in [1.807, 2.05) is 31.2 Å². The van der Waals surface area contributed by atoms with Crippen molar-refractivity contribution >= 4 is 23.7 Å². The first-order chi connectivity index (χ1) is 13.8. The van der Waals surface area contributed by atoms with Gasteiger partial charge in [-0.05, 0) is 18.6 Å². The van der Waals surface area contributed by atoms with E-state index in [2.05, 4.69) is 5.32 Å². The number of hydrogen-bond acceptors (Lipinski definition) is 6. The number of nitro benzene ring substituents is 1. The zero-order valence-electron chi connectivity index (χ0n) is 16.1. The van der Waals surface area contributed by atoms with E-state index in [0.29, 0.717) is 0 Å². The number of carbonyl (C=O) groups is 2. The molecule has 9 heteroatoms. The summed E-state index contributed by atoms with van der Waals surface area (Å²) >= 11 is 0. The third-order valence-corrected chi connectivity index (χ3v) is 4.45. The molecule has 29 heavy (non-hydrogen) atoms. The maximum Gasteiger partial charge on any atom is 0.329 e. The molecule has 1 N–H and O–H groups in total. The molecule has 0 saturated carbocycles. The number of hydrogen-bond donors (Lipinski definition) is 1. The van der Waals surface area contributed by atoms with Crippen LogP contribution in [0.2, 0.25) is 0 Å². The van der Waals surface area contributed by atoms with E-state index < -0.39 is 16.9 Å². The summed E-state index contributed by atoms with van der Waals surface area (Å²) in [6.07, 6.45) is 1.35. The Morgan fingerprint density at radius 2 is 1.76 bits per heavy atom. The second-order valence-corrected chi connectivity index (χ2v) is 6.39. The van der Waals surface area contributed by atoms with Crippen molar-refractivity contribution in [1.82, 2.24) is 10.2 Å². The molecule has 0 unspecified atom stereocenters. The van der Waals surface area contributed by atoms with Gasteiger partial charge in [-0.1, -0.05) is 29.8 Å². The monoisotopic (exact) mass is 397 g/mol. The fraction of sp³-hybridized carbons (Fsp3) is 0.200. The van der Waals surface area contributed by atoms with E-state index in [1.54, 1.807) is 0 Å². The van der Waals surface area contributed by atoms with Crippen LogP contribution in [-0.4, -0.2) is 36.0 Å². The van der Waals surface area contributed by atoms with E-state index >= 15 is 0 Å². The van der Waals surface area contributed by atoms with Crippen molar-refractivity contribution in [2.24, 2.45) is 0 Å². The van der Waals surface area contributed by atoms with E-state index in [1.165, 1.54) is 32.4 Å². The first-order valence-corrected chi connectivity index (χ1v) is 8.64. The van der Waals surface area contributed by atoms with Gasteiger partial charge < -0.3 is 14.8 Å². The summed E-state index contributed by atoms with van der Waals surface area (Å²) in [5.41, 5.74) is 1.85. The van der Waals surface area contributed by atoms with Crippen molar-refractivity contribution in [3.63, 3.8) is 0 Å². The minimum absolute atomic E-state index is 0.000114. The van der Waals surface area contributed by atoms with Crippen molar-refractivity contribution in [3.05, 3.63) is 68.9 Å². The van der Waals surface area contributed by atoms with Crippen LogP contribution in [0.4, 0.5) is 10.5 Å². The summed E-state index contributed by atoms with van der Waals surface area (Å²) in [7, 11) is 2.70. The lowest BCUT2D eigenvalue weighted by Crippen LogP contribution is -2.30. The molecule has 1 aliphatic rings. The number of benzene rings is 2. The van der Waals surface area contributed by atoms with Crippen LogP contribution >= 0.6 is 0 Å². The summed E-state index contributed by atoms with van der Waals surface area (Å²) < 4.78 is 10.3. The lowest BCUT2D eigenvalue weighted by molar-refractivity contribution is -0.385. The van der Waals surface area contributed by atoms with E-state index in [9.17, 15) is 19.7 Å². The van der Waals surface area contributed by atoms with Gasteiger partial charge in [0.15, 0.2) is 0 Å². The van der Waals surface area contributed by atoms with Crippen molar-refractivity contribution in [2.75, 3.05) is 14.2 Å². The molecule has 1 aliphatic heterocycles. The van der Waals surface area contributed by atoms with Gasteiger partial charge in [0.25, 0.3) is 5.91 Å². The quantitative estimate of drug-likeness (QED) is 0.347. The summed E-state index contributed by atoms with van der Waals surface area (Å²) in [5, 5.41) is 13.8. The lowest BCUT2D eigenvalue weighted by Gasteiger charge is -2.12. The molecule has 0 aliphatic carbocycles. The van der Waals surface area contributed by atoms with Gasteiger partial charge in [-0.3, -0.25) is 19.8 Å². The van der Waals surface area contributed by atoms with Crippen LogP contribution in [0.3, 0.4) is 0 Å². The number of aryl methyl sites for hydroxylation is 1. The Bertz CT molecular complexity index is 1010. The van der Waals surface area contributed by atoms with Gasteiger partial charge in [0.05, 0.1) is 25.7 Å². The molecule has 9 nitrogen and oxygen atoms in total. The van der Waals surface area contributed by atoms with Crippen LogP contribution in [-0.2, 0) is 11.3 Å². The van der Waals surface area contributed by atoms with Gasteiger partial charge in [0.1, 0.15) is 11.4 Å². The zero-order valence-corrected chi connectivity index (χ0v) is 16.1. The Labute approximate surface area is 166 Å². The van der Waals surface area contributed by atoms with Gasteiger partial charge in [-0.25, -0.2) is 4.79 Å². The number of imide groups is 1. The smallest absolute Gasteiger partial charge is 0.329 e. The van der Waals surface area contributed by atoms with E-state index in [4.69, 9.17) is 9.47 Å². The predicted octanol–water partition coefficient (Wildman–Crippen LogP) is 3.01. The molecule has 3 amide bonds. The second-order valence-electron chi connectivity index (χ2n) is 6.39. The molecule has 2 aromatic carbocycles. The normalized spacial score (nSPS) is 14.9. The number of rotatable bonds is 6. The molecule has 2 aromatic rings. The molecule has 3 rings (SSSR count). The maximum atomic E-state index is 12.7. The molecular weight excluding hydrogens is 378 g/mol. The van der Waals surface area contributed by atoms with Crippen molar-refractivity contribution in [1.29, 1.82) is 0 Å². The third-order valence-electron chi connectivity index (χ3n) is 4.45. The Morgan fingerprint density at radius 1 is 1.10 bits per heavy atom. The Kier molecular flexibility index (Phi) is 5.49. The van der Waals surface area contributed by atoms with Crippen LogP contribution in [0.5, 0.6) is 11.5 Å². The second kappa shape index (κ2) is 8.01. The number of methoxy groups -OCH3 is 2. The van der Waals surface area contributed by atoms with Gasteiger partial charge in [-0.15, -0.1) is 0 Å². The number of carbonyl (C=O) groups excluding carboxylic acids is 2. The van der Waals surface area contributed by atoms with Gasteiger partial charge in [-0.2, -0.15) is 0 Å². The van der Waals surface area contributed by atoms with Crippen LogP contribution in [0, 0.1) is 17.0 Å². The SMILES string of the molecule is COc1cc(OC)c([N+](=O)[O-])cc1/C=C1/NC(=O)N(Cc2ccc(C)cc2)C1=O. The molecule has 0 atom stereocenters.